The quantitative estimate of drug-likeness (QED) is 0.125. The maximum atomic E-state index is 12.0. The number of aliphatic hydroxyl groups excluding tert-OH is 1. The molecule has 1 amide bonds. The van der Waals surface area contributed by atoms with Gasteiger partial charge in [0.15, 0.2) is 8.32 Å². The molecule has 0 rings (SSSR count). The van der Waals surface area contributed by atoms with Crippen LogP contribution in [0.1, 0.15) is 46.5 Å². The second kappa shape index (κ2) is 19.1. The minimum absolute atomic E-state index is 0.0593. The van der Waals surface area contributed by atoms with Crippen LogP contribution in [0.4, 0.5) is 4.79 Å². The average Bonchev–Trinajstić information content (AvgIpc) is 2.83. The zero-order chi connectivity index (χ0) is 27.6. The van der Waals surface area contributed by atoms with Crippen LogP contribution in [0.2, 0.25) is 31.7 Å². The third kappa shape index (κ3) is 18.3. The molecule has 0 aromatic carbocycles. The molecule has 0 saturated heterocycles. The van der Waals surface area contributed by atoms with Crippen molar-refractivity contribution in [2.75, 3.05) is 46.8 Å². The van der Waals surface area contributed by atoms with Crippen LogP contribution >= 0.6 is 0 Å². The summed E-state index contributed by atoms with van der Waals surface area (Å²) < 4.78 is 32.9. The van der Waals surface area contributed by atoms with Crippen LogP contribution in [0, 0.1) is 0 Å². The van der Waals surface area contributed by atoms with Crippen LogP contribution in [-0.2, 0) is 32.6 Å². The lowest BCUT2D eigenvalue weighted by Crippen LogP contribution is -2.39. The number of ether oxygens (including phenoxy) is 4. The van der Waals surface area contributed by atoms with Crippen molar-refractivity contribution in [1.29, 1.82) is 0 Å². The van der Waals surface area contributed by atoms with Crippen molar-refractivity contribution in [3.05, 3.63) is 0 Å². The minimum Gasteiger partial charge on any atom is -0.460 e. The molecule has 0 heterocycles. The monoisotopic (exact) mass is 553 g/mol. The summed E-state index contributed by atoms with van der Waals surface area (Å²) in [5, 5.41) is 12.1. The van der Waals surface area contributed by atoms with Crippen LogP contribution < -0.4 is 5.32 Å². The second-order valence-electron chi connectivity index (χ2n) is 10.2. The fourth-order valence-electron chi connectivity index (χ4n) is 3.14. The predicted molar refractivity (Wildman–Crippen MR) is 144 cm³/mol. The van der Waals surface area contributed by atoms with Crippen molar-refractivity contribution in [3.8, 4) is 0 Å². The summed E-state index contributed by atoms with van der Waals surface area (Å²) >= 11 is 0. The SMILES string of the molecule is CO[Si](C)(C)CCCCC(=O)OC(C)COCC(C)OCC(C)OC(=O)NCCC[Si](C)(CO)OC. The van der Waals surface area contributed by atoms with Crippen molar-refractivity contribution >= 4 is 28.7 Å². The van der Waals surface area contributed by atoms with Crippen LogP contribution in [0.15, 0.2) is 0 Å². The van der Waals surface area contributed by atoms with Crippen molar-refractivity contribution in [2.45, 2.75) is 96.5 Å². The lowest BCUT2D eigenvalue weighted by molar-refractivity contribution is -0.152. The lowest BCUT2D eigenvalue weighted by Gasteiger charge is -2.22. The molecule has 4 unspecified atom stereocenters. The number of nitrogens with one attached hydrogen (secondary N) is 1. The predicted octanol–water partition coefficient (Wildman–Crippen LogP) is 3.62. The van der Waals surface area contributed by atoms with E-state index in [1.807, 2.05) is 13.5 Å². The number of hydrogen-bond donors (Lipinski definition) is 2. The van der Waals surface area contributed by atoms with Crippen molar-refractivity contribution in [3.63, 3.8) is 0 Å². The molecule has 214 valence electrons. The highest BCUT2D eigenvalue weighted by Gasteiger charge is 2.26. The number of hydrogen-bond acceptors (Lipinski definition) is 9. The van der Waals surface area contributed by atoms with Gasteiger partial charge in [0.05, 0.1) is 32.2 Å². The van der Waals surface area contributed by atoms with Gasteiger partial charge in [-0.2, -0.15) is 0 Å². The normalized spacial score (nSPS) is 16.0. The molecule has 12 heteroatoms. The van der Waals surface area contributed by atoms with Gasteiger partial charge < -0.3 is 38.2 Å². The first-order chi connectivity index (χ1) is 16.9. The standard InChI is InChI=1S/C24H51NO9Si2/c1-20(16-31-17-21(2)33-23(27)12-9-10-14-35(6,7)29-4)32-18-22(3)34-24(28)25-13-11-15-36(8,19-26)30-5/h20-22,26H,9-19H2,1-8H3,(H,25,28). The van der Waals surface area contributed by atoms with E-state index in [1.54, 1.807) is 28.1 Å². The zero-order valence-corrected chi connectivity index (χ0v) is 25.7. The highest BCUT2D eigenvalue weighted by Crippen LogP contribution is 2.15. The topological polar surface area (TPSA) is 122 Å². The van der Waals surface area contributed by atoms with Crippen molar-refractivity contribution in [1.82, 2.24) is 5.32 Å². The Morgan fingerprint density at radius 1 is 0.833 bits per heavy atom. The van der Waals surface area contributed by atoms with E-state index in [0.717, 1.165) is 24.9 Å². The first kappa shape index (κ1) is 35.0. The summed E-state index contributed by atoms with van der Waals surface area (Å²) in [4.78, 5) is 23.9. The fraction of sp³-hybridized carbons (Fsp3) is 0.917. The van der Waals surface area contributed by atoms with Crippen molar-refractivity contribution < 1.29 is 42.5 Å². The molecule has 0 fully saturated rings. The van der Waals surface area contributed by atoms with E-state index in [2.05, 4.69) is 18.4 Å². The largest absolute Gasteiger partial charge is 0.460 e. The number of unbranched alkanes of at least 4 members (excludes halogenated alkanes) is 1. The maximum absolute atomic E-state index is 12.0. The van der Waals surface area contributed by atoms with E-state index in [0.29, 0.717) is 32.6 Å². The summed E-state index contributed by atoms with van der Waals surface area (Å²) in [5.74, 6) is -0.209. The summed E-state index contributed by atoms with van der Waals surface area (Å²) in [7, 11) is -0.263. The molecule has 0 spiro atoms. The second-order valence-corrected chi connectivity index (χ2v) is 18.8. The number of alkyl carbamates (subject to hydrolysis) is 1. The zero-order valence-electron chi connectivity index (χ0n) is 23.7. The minimum atomic E-state index is -2.06. The Hall–Kier alpha value is -1.03. The van der Waals surface area contributed by atoms with Gasteiger partial charge in [0, 0.05) is 27.2 Å². The molecular weight excluding hydrogens is 502 g/mol. The maximum Gasteiger partial charge on any atom is 0.407 e. The molecule has 0 aliphatic rings. The number of rotatable bonds is 21. The van der Waals surface area contributed by atoms with Crippen LogP contribution in [0.3, 0.4) is 0 Å². The van der Waals surface area contributed by atoms with Gasteiger partial charge in [-0.05, 0) is 65.3 Å². The summed E-state index contributed by atoms with van der Waals surface area (Å²) in [6.07, 6.45) is 1.49. The van der Waals surface area contributed by atoms with Crippen molar-refractivity contribution in [2.24, 2.45) is 0 Å². The number of carbonyl (C=O) groups is 2. The van der Waals surface area contributed by atoms with E-state index >= 15 is 0 Å². The van der Waals surface area contributed by atoms with Gasteiger partial charge in [-0.25, -0.2) is 4.79 Å². The Balaban J connectivity index is 3.88. The molecule has 4 atom stereocenters. The molecule has 0 aromatic rings. The van der Waals surface area contributed by atoms with E-state index in [4.69, 9.17) is 27.8 Å². The number of carbonyl (C=O) groups excluding carboxylic acids is 2. The Bertz CT molecular complexity index is 606. The van der Waals surface area contributed by atoms with Crippen LogP contribution in [0.25, 0.3) is 0 Å². The highest BCUT2D eigenvalue weighted by atomic mass is 28.4. The van der Waals surface area contributed by atoms with Crippen LogP contribution in [-0.4, -0.2) is 98.9 Å². The summed E-state index contributed by atoms with van der Waals surface area (Å²) in [6, 6.07) is 1.78. The Morgan fingerprint density at radius 2 is 1.47 bits per heavy atom. The number of aliphatic hydroxyl groups is 1. The van der Waals surface area contributed by atoms with Gasteiger partial charge in [0.25, 0.3) is 0 Å². The average molecular weight is 554 g/mol. The number of amides is 1. The third-order valence-corrected chi connectivity index (χ3v) is 11.6. The Labute approximate surface area is 219 Å². The molecule has 2 N–H and O–H groups in total. The Morgan fingerprint density at radius 3 is 2.08 bits per heavy atom. The van der Waals surface area contributed by atoms with Crippen LogP contribution in [0.5, 0.6) is 0 Å². The van der Waals surface area contributed by atoms with E-state index < -0.39 is 28.8 Å². The van der Waals surface area contributed by atoms with E-state index in [1.165, 1.54) is 0 Å². The van der Waals surface area contributed by atoms with Gasteiger partial charge in [-0.3, -0.25) is 4.79 Å². The molecule has 0 aliphatic heterocycles. The van der Waals surface area contributed by atoms with E-state index in [-0.39, 0.29) is 31.0 Å². The van der Waals surface area contributed by atoms with Gasteiger partial charge >= 0.3 is 12.1 Å². The molecule has 0 aliphatic carbocycles. The molecule has 36 heavy (non-hydrogen) atoms. The third-order valence-electron chi connectivity index (χ3n) is 5.90. The highest BCUT2D eigenvalue weighted by molar-refractivity contribution is 6.72. The van der Waals surface area contributed by atoms with Gasteiger partial charge in [-0.15, -0.1) is 0 Å². The lowest BCUT2D eigenvalue weighted by atomic mass is 10.2. The Kier molecular flexibility index (Phi) is 18.6. The molecule has 10 nitrogen and oxygen atoms in total. The first-order valence-electron chi connectivity index (χ1n) is 12.9. The summed E-state index contributed by atoms with van der Waals surface area (Å²) in [6.45, 7) is 13.1. The summed E-state index contributed by atoms with van der Waals surface area (Å²) in [5.41, 5.74) is 0. The van der Waals surface area contributed by atoms with Gasteiger partial charge in [0.1, 0.15) is 12.2 Å². The molecule has 0 aromatic heterocycles. The number of esters is 1. The molecular formula is C24H51NO9Si2. The van der Waals surface area contributed by atoms with E-state index in [9.17, 15) is 14.7 Å². The van der Waals surface area contributed by atoms with Gasteiger partial charge in [-0.1, -0.05) is 6.42 Å². The molecule has 0 bridgehead atoms. The smallest absolute Gasteiger partial charge is 0.407 e. The van der Waals surface area contributed by atoms with Gasteiger partial charge in [0.2, 0.25) is 8.32 Å². The molecule has 0 saturated carbocycles. The first-order valence-corrected chi connectivity index (χ1v) is 18.8. The fourth-order valence-corrected chi connectivity index (χ4v) is 5.87. The molecule has 0 radical (unpaired) electrons.